The number of hydrogen-bond acceptors (Lipinski definition) is 2. The van der Waals surface area contributed by atoms with Crippen LogP contribution in [0.4, 0.5) is 0 Å². The van der Waals surface area contributed by atoms with E-state index in [4.69, 9.17) is 4.42 Å². The van der Waals surface area contributed by atoms with E-state index in [1.54, 1.807) is 6.26 Å². The zero-order chi connectivity index (χ0) is 10.5. The van der Waals surface area contributed by atoms with E-state index in [2.05, 4.69) is 15.2 Å². The summed E-state index contributed by atoms with van der Waals surface area (Å²) in [5, 5.41) is 3.30. The van der Waals surface area contributed by atoms with Crippen LogP contribution in [0, 0.1) is 0 Å². The van der Waals surface area contributed by atoms with Gasteiger partial charge in [-0.2, -0.15) is 0 Å². The second-order valence-electron chi connectivity index (χ2n) is 3.67. The molecule has 5 heteroatoms. The number of furan rings is 1. The molecular weight excluding hydrogens is 317 g/mol. The number of hydrogen-bond donors (Lipinski definition) is 1. The molecule has 0 bridgehead atoms. The fourth-order valence-electron chi connectivity index (χ4n) is 1.84. The van der Waals surface area contributed by atoms with Crippen molar-refractivity contribution in [2.24, 2.45) is 4.99 Å². The maximum atomic E-state index is 5.26. The number of guanidine groups is 1. The van der Waals surface area contributed by atoms with Gasteiger partial charge in [0, 0.05) is 20.1 Å². The van der Waals surface area contributed by atoms with Gasteiger partial charge in [-0.25, -0.2) is 0 Å². The Bertz CT molecular complexity index is 318. The molecule has 0 unspecified atom stereocenters. The summed E-state index contributed by atoms with van der Waals surface area (Å²) >= 11 is 0. The second kappa shape index (κ2) is 6.78. The van der Waals surface area contributed by atoms with Crippen molar-refractivity contribution in [1.29, 1.82) is 0 Å². The van der Waals surface area contributed by atoms with E-state index in [0.29, 0.717) is 6.54 Å². The van der Waals surface area contributed by atoms with Gasteiger partial charge in [0.1, 0.15) is 5.76 Å². The van der Waals surface area contributed by atoms with Crippen LogP contribution in [0.25, 0.3) is 0 Å². The minimum absolute atomic E-state index is 0. The Morgan fingerprint density at radius 3 is 2.81 bits per heavy atom. The number of nitrogens with zero attached hydrogens (tertiary/aromatic N) is 2. The second-order valence-corrected chi connectivity index (χ2v) is 3.67. The van der Waals surface area contributed by atoms with Crippen LogP contribution < -0.4 is 5.32 Å². The van der Waals surface area contributed by atoms with Gasteiger partial charge in [0.15, 0.2) is 5.96 Å². The van der Waals surface area contributed by atoms with Gasteiger partial charge in [-0.05, 0) is 25.0 Å². The van der Waals surface area contributed by atoms with Crippen molar-refractivity contribution < 1.29 is 4.42 Å². The Labute approximate surface area is 113 Å². The van der Waals surface area contributed by atoms with Crippen LogP contribution in [0.15, 0.2) is 27.8 Å². The molecule has 0 radical (unpaired) electrons. The first-order chi connectivity index (χ1) is 7.40. The van der Waals surface area contributed by atoms with Crippen LogP contribution in [0.5, 0.6) is 0 Å². The molecule has 0 aliphatic carbocycles. The summed E-state index contributed by atoms with van der Waals surface area (Å²) in [4.78, 5) is 6.54. The highest BCUT2D eigenvalue weighted by molar-refractivity contribution is 14.0. The lowest BCUT2D eigenvalue weighted by Crippen LogP contribution is -2.39. The van der Waals surface area contributed by atoms with E-state index in [0.717, 1.165) is 24.8 Å². The lowest BCUT2D eigenvalue weighted by molar-refractivity contribution is 0.469. The molecule has 1 aliphatic heterocycles. The van der Waals surface area contributed by atoms with E-state index in [1.165, 1.54) is 12.8 Å². The molecule has 0 aromatic carbocycles. The van der Waals surface area contributed by atoms with E-state index in [-0.39, 0.29) is 24.0 Å². The third-order valence-corrected chi connectivity index (χ3v) is 2.62. The highest BCUT2D eigenvalue weighted by atomic mass is 127. The number of halogens is 1. The predicted octanol–water partition coefficient (Wildman–Crippen LogP) is 2.07. The van der Waals surface area contributed by atoms with E-state index >= 15 is 0 Å². The molecule has 0 spiro atoms. The largest absolute Gasteiger partial charge is 0.467 e. The molecule has 1 aliphatic rings. The molecule has 90 valence electrons. The third-order valence-electron chi connectivity index (χ3n) is 2.62. The predicted molar refractivity (Wildman–Crippen MR) is 75.1 cm³/mol. The minimum atomic E-state index is 0. The molecule has 0 amide bonds. The first kappa shape index (κ1) is 13.3. The molecule has 2 rings (SSSR count). The van der Waals surface area contributed by atoms with Gasteiger partial charge in [-0.15, -0.1) is 24.0 Å². The standard InChI is InChI=1S/C11H17N3O.HI/c1-12-11(14-6-2-3-7-14)13-9-10-5-4-8-15-10;/h4-5,8H,2-3,6-7,9H2,1H3,(H,12,13);1H. The first-order valence-corrected chi connectivity index (χ1v) is 5.38. The Balaban J connectivity index is 0.00000128. The van der Waals surface area contributed by atoms with Crippen molar-refractivity contribution >= 4 is 29.9 Å². The Kier molecular flexibility index (Phi) is 5.65. The van der Waals surface area contributed by atoms with Gasteiger partial charge in [0.05, 0.1) is 12.8 Å². The van der Waals surface area contributed by atoms with Gasteiger partial charge >= 0.3 is 0 Å². The Morgan fingerprint density at radius 2 is 2.25 bits per heavy atom. The van der Waals surface area contributed by atoms with Crippen LogP contribution >= 0.6 is 24.0 Å². The summed E-state index contributed by atoms with van der Waals surface area (Å²) in [5.41, 5.74) is 0. The number of likely N-dealkylation sites (tertiary alicyclic amines) is 1. The van der Waals surface area contributed by atoms with Gasteiger partial charge < -0.3 is 14.6 Å². The molecule has 16 heavy (non-hydrogen) atoms. The monoisotopic (exact) mass is 335 g/mol. The lowest BCUT2D eigenvalue weighted by Gasteiger charge is -2.20. The highest BCUT2D eigenvalue weighted by Gasteiger charge is 2.15. The van der Waals surface area contributed by atoms with Gasteiger partial charge in [-0.1, -0.05) is 0 Å². The maximum absolute atomic E-state index is 5.26. The highest BCUT2D eigenvalue weighted by Crippen LogP contribution is 2.07. The number of rotatable bonds is 2. The molecule has 1 N–H and O–H groups in total. The maximum Gasteiger partial charge on any atom is 0.194 e. The molecular formula is C11H18IN3O. The SMILES string of the molecule is CN=C(NCc1ccco1)N1CCCC1.I. The summed E-state index contributed by atoms with van der Waals surface area (Å²) in [7, 11) is 1.82. The van der Waals surface area contributed by atoms with Gasteiger partial charge in [-0.3, -0.25) is 4.99 Å². The fraction of sp³-hybridized carbons (Fsp3) is 0.545. The summed E-state index contributed by atoms with van der Waals surface area (Å²) < 4.78 is 5.26. The quantitative estimate of drug-likeness (QED) is 0.511. The fourth-order valence-corrected chi connectivity index (χ4v) is 1.84. The smallest absolute Gasteiger partial charge is 0.194 e. The topological polar surface area (TPSA) is 40.8 Å². The van der Waals surface area contributed by atoms with Crippen molar-refractivity contribution in [1.82, 2.24) is 10.2 Å². The molecule has 1 fully saturated rings. The van der Waals surface area contributed by atoms with Crippen LogP contribution in [0.3, 0.4) is 0 Å². The van der Waals surface area contributed by atoms with Gasteiger partial charge in [0.2, 0.25) is 0 Å². The summed E-state index contributed by atoms with van der Waals surface area (Å²) in [5.74, 6) is 1.92. The van der Waals surface area contributed by atoms with Crippen LogP contribution in [0.1, 0.15) is 18.6 Å². The average molecular weight is 335 g/mol. The summed E-state index contributed by atoms with van der Waals surface area (Å²) in [6, 6.07) is 3.86. The zero-order valence-electron chi connectivity index (χ0n) is 9.48. The van der Waals surface area contributed by atoms with E-state index in [9.17, 15) is 0 Å². The van der Waals surface area contributed by atoms with Crippen molar-refractivity contribution in [3.63, 3.8) is 0 Å². The molecule has 1 saturated heterocycles. The van der Waals surface area contributed by atoms with Crippen molar-refractivity contribution in [2.75, 3.05) is 20.1 Å². The normalized spacial score (nSPS) is 16.1. The number of aliphatic imine (C=N–C) groups is 1. The number of nitrogens with one attached hydrogen (secondary N) is 1. The van der Waals surface area contributed by atoms with E-state index < -0.39 is 0 Å². The average Bonchev–Trinajstić information content (AvgIpc) is 2.90. The van der Waals surface area contributed by atoms with Crippen molar-refractivity contribution in [2.45, 2.75) is 19.4 Å². The molecule has 0 saturated carbocycles. The van der Waals surface area contributed by atoms with Crippen molar-refractivity contribution in [3.05, 3.63) is 24.2 Å². The summed E-state index contributed by atoms with van der Waals surface area (Å²) in [6.45, 7) is 2.92. The minimum Gasteiger partial charge on any atom is -0.467 e. The van der Waals surface area contributed by atoms with Crippen molar-refractivity contribution in [3.8, 4) is 0 Å². The molecule has 1 aromatic rings. The van der Waals surface area contributed by atoms with Crippen LogP contribution in [-0.2, 0) is 6.54 Å². The third kappa shape index (κ3) is 3.40. The summed E-state index contributed by atoms with van der Waals surface area (Å²) in [6.07, 6.45) is 4.22. The molecule has 4 nitrogen and oxygen atoms in total. The Morgan fingerprint density at radius 1 is 1.50 bits per heavy atom. The Hall–Kier alpha value is -0.720. The van der Waals surface area contributed by atoms with Crippen LogP contribution in [0.2, 0.25) is 0 Å². The lowest BCUT2D eigenvalue weighted by atomic mass is 10.4. The first-order valence-electron chi connectivity index (χ1n) is 5.38. The molecule has 0 atom stereocenters. The van der Waals surface area contributed by atoms with E-state index in [1.807, 2.05) is 19.2 Å². The van der Waals surface area contributed by atoms with Crippen LogP contribution in [-0.4, -0.2) is 31.0 Å². The zero-order valence-corrected chi connectivity index (χ0v) is 11.8. The van der Waals surface area contributed by atoms with Gasteiger partial charge in [0.25, 0.3) is 0 Å². The molecule has 1 aromatic heterocycles. The molecule has 2 heterocycles.